The molecule has 0 atom stereocenters. The first kappa shape index (κ1) is 18.9. The van der Waals surface area contributed by atoms with Gasteiger partial charge in [0, 0.05) is 30.5 Å². The molecular weight excluding hydrogens is 370 g/mol. The first-order valence-corrected chi connectivity index (χ1v) is 9.49. The van der Waals surface area contributed by atoms with E-state index in [0.717, 1.165) is 17.3 Å². The Morgan fingerprint density at radius 1 is 1.18 bits per heavy atom. The summed E-state index contributed by atoms with van der Waals surface area (Å²) < 4.78 is 25.9. The number of nitrogens with one attached hydrogen (secondary N) is 1. The van der Waals surface area contributed by atoms with Crippen molar-refractivity contribution in [1.82, 2.24) is 10.2 Å². The van der Waals surface area contributed by atoms with E-state index in [-0.39, 0.29) is 18.9 Å². The molecule has 0 saturated heterocycles. The SMILES string of the molecule is CN(C)CCNC(=O)CCN(c1ccc(Br)cc1)S(C)(=O)=O. The molecule has 6 nitrogen and oxygen atoms in total. The molecule has 0 spiro atoms. The van der Waals surface area contributed by atoms with Gasteiger partial charge in [0.1, 0.15) is 0 Å². The third-order valence-electron chi connectivity index (χ3n) is 2.94. The van der Waals surface area contributed by atoms with Crippen LogP contribution in [0.15, 0.2) is 28.7 Å². The summed E-state index contributed by atoms with van der Waals surface area (Å²) >= 11 is 3.31. The second-order valence-corrected chi connectivity index (χ2v) is 8.04. The third kappa shape index (κ3) is 6.76. The van der Waals surface area contributed by atoms with Crippen LogP contribution in [0.1, 0.15) is 6.42 Å². The zero-order valence-corrected chi connectivity index (χ0v) is 15.4. The topological polar surface area (TPSA) is 69.7 Å². The van der Waals surface area contributed by atoms with Crippen LogP contribution in [0.4, 0.5) is 5.69 Å². The Balaban J connectivity index is 2.64. The monoisotopic (exact) mass is 391 g/mol. The molecule has 0 aliphatic heterocycles. The summed E-state index contributed by atoms with van der Waals surface area (Å²) in [5.74, 6) is -0.160. The molecule has 124 valence electrons. The van der Waals surface area contributed by atoms with Crippen molar-refractivity contribution in [3.05, 3.63) is 28.7 Å². The molecule has 0 saturated carbocycles. The van der Waals surface area contributed by atoms with E-state index in [9.17, 15) is 13.2 Å². The van der Waals surface area contributed by atoms with Gasteiger partial charge in [-0.2, -0.15) is 0 Å². The Bertz CT molecular complexity index is 588. The van der Waals surface area contributed by atoms with Gasteiger partial charge in [0.25, 0.3) is 0 Å². The first-order valence-electron chi connectivity index (χ1n) is 6.85. The van der Waals surface area contributed by atoms with Gasteiger partial charge < -0.3 is 10.2 Å². The van der Waals surface area contributed by atoms with Crippen LogP contribution < -0.4 is 9.62 Å². The smallest absolute Gasteiger partial charge is 0.232 e. The van der Waals surface area contributed by atoms with E-state index in [4.69, 9.17) is 0 Å². The first-order chi connectivity index (χ1) is 10.2. The number of nitrogens with zero attached hydrogens (tertiary/aromatic N) is 2. The van der Waals surface area contributed by atoms with Gasteiger partial charge in [-0.05, 0) is 38.4 Å². The lowest BCUT2D eigenvalue weighted by molar-refractivity contribution is -0.120. The Morgan fingerprint density at radius 2 is 1.77 bits per heavy atom. The van der Waals surface area contributed by atoms with Gasteiger partial charge in [0.15, 0.2) is 0 Å². The van der Waals surface area contributed by atoms with E-state index in [1.807, 2.05) is 19.0 Å². The lowest BCUT2D eigenvalue weighted by atomic mass is 10.3. The number of carbonyl (C=O) groups excluding carboxylic acids is 1. The number of likely N-dealkylation sites (N-methyl/N-ethyl adjacent to an activating group) is 1. The highest BCUT2D eigenvalue weighted by atomic mass is 79.9. The highest BCUT2D eigenvalue weighted by Crippen LogP contribution is 2.20. The highest BCUT2D eigenvalue weighted by molar-refractivity contribution is 9.10. The van der Waals surface area contributed by atoms with Gasteiger partial charge >= 0.3 is 0 Å². The van der Waals surface area contributed by atoms with Crippen LogP contribution >= 0.6 is 15.9 Å². The number of sulfonamides is 1. The highest BCUT2D eigenvalue weighted by Gasteiger charge is 2.18. The number of benzene rings is 1. The average molecular weight is 392 g/mol. The summed E-state index contributed by atoms with van der Waals surface area (Å²) in [5, 5.41) is 2.77. The molecular formula is C14H22BrN3O3S. The Hall–Kier alpha value is -1.12. The molecule has 0 aliphatic rings. The molecule has 0 aromatic heterocycles. The Labute approximate surface area is 140 Å². The minimum atomic E-state index is -3.43. The molecule has 1 amide bonds. The van der Waals surface area contributed by atoms with Crippen molar-refractivity contribution in [3.8, 4) is 0 Å². The summed E-state index contributed by atoms with van der Waals surface area (Å²) in [5.41, 5.74) is 0.548. The number of halogens is 1. The van der Waals surface area contributed by atoms with Crippen molar-refractivity contribution in [1.29, 1.82) is 0 Å². The van der Waals surface area contributed by atoms with Crippen molar-refractivity contribution in [2.45, 2.75) is 6.42 Å². The maximum atomic E-state index is 11.9. The average Bonchev–Trinajstić information content (AvgIpc) is 2.39. The van der Waals surface area contributed by atoms with Gasteiger partial charge in [-0.3, -0.25) is 9.10 Å². The van der Waals surface area contributed by atoms with Crippen LogP contribution in [-0.2, 0) is 14.8 Å². The number of hydrogen-bond donors (Lipinski definition) is 1. The second kappa shape index (κ2) is 8.50. The van der Waals surface area contributed by atoms with Gasteiger partial charge in [0.05, 0.1) is 11.9 Å². The molecule has 0 aliphatic carbocycles. The number of hydrogen-bond acceptors (Lipinski definition) is 4. The molecule has 1 aromatic carbocycles. The van der Waals surface area contributed by atoms with Gasteiger partial charge in [-0.15, -0.1) is 0 Å². The molecule has 0 radical (unpaired) electrons. The standard InChI is InChI=1S/C14H22BrN3O3S/c1-17(2)11-9-16-14(19)8-10-18(22(3,20)21)13-6-4-12(15)5-7-13/h4-7H,8-11H2,1-3H3,(H,16,19). The molecule has 0 bridgehead atoms. The molecule has 1 N–H and O–H groups in total. The number of rotatable bonds is 8. The maximum Gasteiger partial charge on any atom is 0.232 e. The molecule has 0 unspecified atom stereocenters. The summed E-state index contributed by atoms with van der Waals surface area (Å²) in [7, 11) is 0.413. The second-order valence-electron chi connectivity index (χ2n) is 5.21. The predicted molar refractivity (Wildman–Crippen MR) is 92.5 cm³/mol. The minimum absolute atomic E-state index is 0.119. The van der Waals surface area contributed by atoms with E-state index in [1.54, 1.807) is 24.3 Å². The maximum absolute atomic E-state index is 11.9. The molecule has 1 aromatic rings. The predicted octanol–water partition coefficient (Wildman–Crippen LogP) is 1.28. The van der Waals surface area contributed by atoms with Crippen LogP contribution in [0.3, 0.4) is 0 Å². The van der Waals surface area contributed by atoms with E-state index in [1.165, 1.54) is 4.31 Å². The Morgan fingerprint density at radius 3 is 2.27 bits per heavy atom. The fourth-order valence-electron chi connectivity index (χ4n) is 1.80. The minimum Gasteiger partial charge on any atom is -0.355 e. The van der Waals surface area contributed by atoms with Gasteiger partial charge in [0.2, 0.25) is 15.9 Å². The number of carbonyl (C=O) groups is 1. The quantitative estimate of drug-likeness (QED) is 0.724. The number of anilines is 1. The molecule has 22 heavy (non-hydrogen) atoms. The van der Waals surface area contributed by atoms with Crippen molar-refractivity contribution in [2.75, 3.05) is 44.3 Å². The Kier molecular flexibility index (Phi) is 7.31. The molecule has 0 heterocycles. The van der Waals surface area contributed by atoms with E-state index >= 15 is 0 Å². The van der Waals surface area contributed by atoms with Crippen molar-refractivity contribution in [3.63, 3.8) is 0 Å². The van der Waals surface area contributed by atoms with Crippen LogP contribution in [0.25, 0.3) is 0 Å². The van der Waals surface area contributed by atoms with Crippen LogP contribution in [0.2, 0.25) is 0 Å². The fraction of sp³-hybridized carbons (Fsp3) is 0.500. The molecule has 1 rings (SSSR count). The van der Waals surface area contributed by atoms with E-state index in [2.05, 4.69) is 21.2 Å². The number of amides is 1. The fourth-order valence-corrected chi connectivity index (χ4v) is 3.00. The zero-order chi connectivity index (χ0) is 16.8. The van der Waals surface area contributed by atoms with E-state index in [0.29, 0.717) is 12.2 Å². The van der Waals surface area contributed by atoms with Crippen molar-refractivity contribution < 1.29 is 13.2 Å². The van der Waals surface area contributed by atoms with Crippen molar-refractivity contribution >= 4 is 37.5 Å². The summed E-state index contributed by atoms with van der Waals surface area (Å²) in [6.45, 7) is 1.41. The van der Waals surface area contributed by atoms with E-state index < -0.39 is 10.0 Å². The largest absolute Gasteiger partial charge is 0.355 e. The van der Waals surface area contributed by atoms with Gasteiger partial charge in [-0.25, -0.2) is 8.42 Å². The normalized spacial score (nSPS) is 11.5. The van der Waals surface area contributed by atoms with Crippen LogP contribution in [0, 0.1) is 0 Å². The summed E-state index contributed by atoms with van der Waals surface area (Å²) in [4.78, 5) is 13.7. The van der Waals surface area contributed by atoms with Crippen LogP contribution in [0.5, 0.6) is 0 Å². The van der Waals surface area contributed by atoms with Crippen molar-refractivity contribution in [2.24, 2.45) is 0 Å². The summed E-state index contributed by atoms with van der Waals surface area (Å²) in [6, 6.07) is 6.94. The lowest BCUT2D eigenvalue weighted by Crippen LogP contribution is -2.36. The lowest BCUT2D eigenvalue weighted by Gasteiger charge is -2.22. The summed E-state index contributed by atoms with van der Waals surface area (Å²) in [6.07, 6.45) is 1.26. The van der Waals surface area contributed by atoms with Gasteiger partial charge in [-0.1, -0.05) is 15.9 Å². The molecule has 8 heteroatoms. The third-order valence-corrected chi connectivity index (χ3v) is 4.66. The molecule has 0 fully saturated rings. The van der Waals surface area contributed by atoms with Crippen LogP contribution in [-0.4, -0.2) is 59.2 Å². The zero-order valence-electron chi connectivity index (χ0n) is 13.0.